The Morgan fingerprint density at radius 3 is 2.48 bits per heavy atom. The highest BCUT2D eigenvalue weighted by atomic mass is 19.3. The number of aromatic nitrogens is 2. The lowest BCUT2D eigenvalue weighted by molar-refractivity contribution is -0.0384. The lowest BCUT2D eigenvalue weighted by Gasteiger charge is -2.27. The van der Waals surface area contributed by atoms with Crippen LogP contribution >= 0.6 is 0 Å². The summed E-state index contributed by atoms with van der Waals surface area (Å²) in [7, 11) is 0. The molecule has 1 heterocycles. The molecule has 2 aromatic rings. The fourth-order valence-electron chi connectivity index (χ4n) is 3.42. The number of hydrogen-bond donors (Lipinski definition) is 2. The molecule has 0 unspecified atom stereocenters. The molecule has 8 heteroatoms. The number of hydrogen-bond acceptors (Lipinski definition) is 5. The molecule has 0 atom stereocenters. The maximum absolute atomic E-state index is 13.5. The van der Waals surface area contributed by atoms with Crippen molar-refractivity contribution in [1.29, 1.82) is 0 Å². The number of benzene rings is 1. The first-order valence-corrected chi connectivity index (χ1v) is 9.09. The monoisotopic (exact) mass is 378 g/mol. The van der Waals surface area contributed by atoms with E-state index in [1.165, 1.54) is 4.68 Å². The number of ether oxygens (including phenoxy) is 1. The maximum atomic E-state index is 13.5. The molecule has 1 aliphatic rings. The first-order valence-electron chi connectivity index (χ1n) is 9.09. The molecule has 4 N–H and O–H groups in total. The third kappa shape index (κ3) is 3.95. The van der Waals surface area contributed by atoms with Crippen molar-refractivity contribution in [3.05, 3.63) is 41.2 Å². The van der Waals surface area contributed by atoms with Crippen LogP contribution in [0.15, 0.2) is 24.3 Å². The van der Waals surface area contributed by atoms with Crippen LogP contribution in [0.1, 0.15) is 60.3 Å². The van der Waals surface area contributed by atoms with Crippen LogP contribution in [0.3, 0.4) is 0 Å². The second-order valence-electron chi connectivity index (χ2n) is 6.78. The van der Waals surface area contributed by atoms with Crippen LogP contribution in [0.2, 0.25) is 0 Å². The Kier molecular flexibility index (Phi) is 5.46. The minimum absolute atomic E-state index is 0.129. The SMILES string of the molecule is CCOC(=O)c1c(N)c(C2CCC(F)(F)CC2)nn1-c1ccc(CN)cc1. The number of nitrogen functional groups attached to an aromatic ring is 1. The largest absolute Gasteiger partial charge is 0.461 e. The number of nitrogens with two attached hydrogens (primary N) is 2. The van der Waals surface area contributed by atoms with E-state index in [2.05, 4.69) is 5.10 Å². The molecular weight excluding hydrogens is 354 g/mol. The van der Waals surface area contributed by atoms with Crippen LogP contribution in [-0.2, 0) is 11.3 Å². The molecule has 1 saturated carbocycles. The van der Waals surface area contributed by atoms with Crippen molar-refractivity contribution in [3.63, 3.8) is 0 Å². The number of carbonyl (C=O) groups excluding carboxylic acids is 1. The van der Waals surface area contributed by atoms with Gasteiger partial charge < -0.3 is 16.2 Å². The average molecular weight is 378 g/mol. The third-order valence-corrected chi connectivity index (χ3v) is 4.94. The molecule has 0 saturated heterocycles. The standard InChI is InChI=1S/C19H24F2N4O2/c1-2-27-18(26)17-15(23)16(13-7-9-19(20,21)10-8-13)24-25(17)14-5-3-12(11-22)4-6-14/h3-6,13H,2,7-11,22-23H2,1H3. The number of halogens is 2. The van der Waals surface area contributed by atoms with E-state index in [9.17, 15) is 13.6 Å². The molecule has 3 rings (SSSR count). The molecule has 0 bridgehead atoms. The predicted molar refractivity (Wildman–Crippen MR) is 98.0 cm³/mol. The molecule has 0 spiro atoms. The Morgan fingerprint density at radius 2 is 1.93 bits per heavy atom. The maximum Gasteiger partial charge on any atom is 0.359 e. The van der Waals surface area contributed by atoms with Gasteiger partial charge in [-0.15, -0.1) is 0 Å². The van der Waals surface area contributed by atoms with Crippen molar-refractivity contribution < 1.29 is 18.3 Å². The number of alkyl halides is 2. The van der Waals surface area contributed by atoms with Crippen molar-refractivity contribution in [1.82, 2.24) is 9.78 Å². The first-order chi connectivity index (χ1) is 12.9. The van der Waals surface area contributed by atoms with Crippen molar-refractivity contribution in [2.45, 2.75) is 51.0 Å². The number of esters is 1. The van der Waals surface area contributed by atoms with E-state index in [1.807, 2.05) is 12.1 Å². The van der Waals surface area contributed by atoms with Gasteiger partial charge in [-0.3, -0.25) is 0 Å². The number of carbonyl (C=O) groups is 1. The van der Waals surface area contributed by atoms with Crippen LogP contribution < -0.4 is 11.5 Å². The van der Waals surface area contributed by atoms with Crippen molar-refractivity contribution in [3.8, 4) is 5.69 Å². The molecule has 1 aromatic heterocycles. The van der Waals surface area contributed by atoms with Crippen LogP contribution in [0, 0.1) is 0 Å². The van der Waals surface area contributed by atoms with E-state index in [1.54, 1.807) is 19.1 Å². The van der Waals surface area contributed by atoms with Gasteiger partial charge in [-0.1, -0.05) is 12.1 Å². The zero-order valence-corrected chi connectivity index (χ0v) is 15.3. The fourth-order valence-corrected chi connectivity index (χ4v) is 3.42. The van der Waals surface area contributed by atoms with Gasteiger partial charge >= 0.3 is 5.97 Å². The van der Waals surface area contributed by atoms with Gasteiger partial charge in [0.2, 0.25) is 5.92 Å². The molecule has 1 aliphatic carbocycles. The molecule has 0 aliphatic heterocycles. The van der Waals surface area contributed by atoms with E-state index in [0.717, 1.165) is 5.56 Å². The molecule has 0 amide bonds. The second kappa shape index (κ2) is 7.64. The van der Waals surface area contributed by atoms with Gasteiger partial charge in [0.15, 0.2) is 5.69 Å². The number of nitrogens with zero attached hydrogens (tertiary/aromatic N) is 2. The molecule has 27 heavy (non-hydrogen) atoms. The Bertz CT molecular complexity index is 808. The zero-order chi connectivity index (χ0) is 19.6. The molecule has 6 nitrogen and oxygen atoms in total. The van der Waals surface area contributed by atoms with Gasteiger partial charge in [0.1, 0.15) is 0 Å². The van der Waals surface area contributed by atoms with E-state index in [0.29, 0.717) is 17.9 Å². The normalized spacial score (nSPS) is 17.0. The van der Waals surface area contributed by atoms with E-state index in [-0.39, 0.29) is 49.6 Å². The van der Waals surface area contributed by atoms with Gasteiger partial charge in [-0.05, 0) is 37.5 Å². The summed E-state index contributed by atoms with van der Waals surface area (Å²) in [6, 6.07) is 7.25. The summed E-state index contributed by atoms with van der Waals surface area (Å²) in [6.45, 7) is 2.29. The van der Waals surface area contributed by atoms with Crippen LogP contribution in [-0.4, -0.2) is 28.3 Å². The fraction of sp³-hybridized carbons (Fsp3) is 0.474. The summed E-state index contributed by atoms with van der Waals surface area (Å²) in [5.41, 5.74) is 14.2. The van der Waals surface area contributed by atoms with Gasteiger partial charge in [0, 0.05) is 25.3 Å². The average Bonchev–Trinajstić information content (AvgIpc) is 2.99. The summed E-state index contributed by atoms with van der Waals surface area (Å²) < 4.78 is 33.6. The van der Waals surface area contributed by atoms with Gasteiger partial charge in [-0.2, -0.15) is 5.10 Å². The summed E-state index contributed by atoms with van der Waals surface area (Å²) >= 11 is 0. The lowest BCUT2D eigenvalue weighted by Crippen LogP contribution is -2.24. The van der Waals surface area contributed by atoms with Crippen molar-refractivity contribution in [2.75, 3.05) is 12.3 Å². The second-order valence-corrected chi connectivity index (χ2v) is 6.78. The van der Waals surface area contributed by atoms with Gasteiger partial charge in [0.25, 0.3) is 0 Å². The molecule has 146 valence electrons. The summed E-state index contributed by atoms with van der Waals surface area (Å²) in [5.74, 6) is -3.43. The van der Waals surface area contributed by atoms with Gasteiger partial charge in [-0.25, -0.2) is 18.3 Å². The minimum Gasteiger partial charge on any atom is -0.461 e. The number of anilines is 1. The Labute approximate surface area is 156 Å². The summed E-state index contributed by atoms with van der Waals surface area (Å²) in [4.78, 5) is 12.5. The zero-order valence-electron chi connectivity index (χ0n) is 15.3. The highest BCUT2D eigenvalue weighted by Gasteiger charge is 2.38. The van der Waals surface area contributed by atoms with E-state index < -0.39 is 11.9 Å². The quantitative estimate of drug-likeness (QED) is 0.778. The van der Waals surface area contributed by atoms with Crippen LogP contribution in [0.4, 0.5) is 14.5 Å². The van der Waals surface area contributed by atoms with Crippen LogP contribution in [0.5, 0.6) is 0 Å². The van der Waals surface area contributed by atoms with E-state index >= 15 is 0 Å². The van der Waals surface area contributed by atoms with E-state index in [4.69, 9.17) is 16.2 Å². The highest BCUT2D eigenvalue weighted by Crippen LogP contribution is 2.42. The smallest absolute Gasteiger partial charge is 0.359 e. The molecule has 1 fully saturated rings. The Hall–Kier alpha value is -2.48. The highest BCUT2D eigenvalue weighted by molar-refractivity contribution is 5.94. The summed E-state index contributed by atoms with van der Waals surface area (Å²) in [5, 5.41) is 4.52. The topological polar surface area (TPSA) is 96.2 Å². The lowest BCUT2D eigenvalue weighted by atomic mass is 9.84. The van der Waals surface area contributed by atoms with Gasteiger partial charge in [0.05, 0.1) is 23.7 Å². The first kappa shape index (κ1) is 19.3. The molecule has 0 radical (unpaired) electrons. The van der Waals surface area contributed by atoms with Crippen molar-refractivity contribution in [2.24, 2.45) is 5.73 Å². The third-order valence-electron chi connectivity index (χ3n) is 4.94. The Morgan fingerprint density at radius 1 is 1.30 bits per heavy atom. The molecule has 1 aromatic carbocycles. The van der Waals surface area contributed by atoms with Crippen molar-refractivity contribution >= 4 is 11.7 Å². The summed E-state index contributed by atoms with van der Waals surface area (Å²) in [6.07, 6.45) is 0.152. The van der Waals surface area contributed by atoms with Crippen LogP contribution in [0.25, 0.3) is 5.69 Å². The predicted octanol–water partition coefficient (Wildman–Crippen LogP) is 3.38. The number of rotatable bonds is 5. The minimum atomic E-state index is -2.64. The molecular formula is C19H24F2N4O2. The Balaban J connectivity index is 2.02.